The molecule has 2 aliphatic rings. The van der Waals surface area contributed by atoms with Crippen LogP contribution in [0.15, 0.2) is 0 Å². The summed E-state index contributed by atoms with van der Waals surface area (Å²) in [6.07, 6.45) is 4.32. The van der Waals surface area contributed by atoms with Gasteiger partial charge in [0.2, 0.25) is 0 Å². The van der Waals surface area contributed by atoms with Gasteiger partial charge in [0.25, 0.3) is 0 Å². The van der Waals surface area contributed by atoms with Crippen molar-refractivity contribution in [3.63, 3.8) is 0 Å². The van der Waals surface area contributed by atoms with Crippen LogP contribution in [0.1, 0.15) is 42.7 Å². The molecule has 1 fully saturated rings. The van der Waals surface area contributed by atoms with Gasteiger partial charge in [0.05, 0.1) is 18.4 Å². The molecule has 0 aromatic carbocycles. The molecule has 2 atom stereocenters. The number of aromatic nitrogens is 1. The third kappa shape index (κ3) is 2.92. The van der Waals surface area contributed by atoms with Gasteiger partial charge in [-0.25, -0.2) is 4.98 Å². The van der Waals surface area contributed by atoms with E-state index < -0.39 is 0 Å². The Bertz CT molecular complexity index is 517. The summed E-state index contributed by atoms with van der Waals surface area (Å²) < 4.78 is 10.6. The fourth-order valence-electron chi connectivity index (χ4n) is 3.13. The quantitative estimate of drug-likeness (QED) is 0.799. The molecule has 1 aliphatic heterocycles. The molecule has 1 aromatic heterocycles. The van der Waals surface area contributed by atoms with Crippen LogP contribution in [0.25, 0.3) is 0 Å². The number of carbonyl (C=O) groups excluding carboxylic acids is 1. The van der Waals surface area contributed by atoms with Crippen LogP contribution in [-0.4, -0.2) is 43.9 Å². The summed E-state index contributed by atoms with van der Waals surface area (Å²) in [5.41, 5.74) is 0.952. The molecule has 5 nitrogen and oxygen atoms in total. The third-order valence-corrected chi connectivity index (χ3v) is 5.45. The average Bonchev–Trinajstić information content (AvgIpc) is 3.07. The number of rotatable bonds is 4. The Morgan fingerprint density at radius 3 is 3.10 bits per heavy atom. The molecule has 21 heavy (non-hydrogen) atoms. The molecule has 2 unspecified atom stereocenters. The first-order valence-electron chi connectivity index (χ1n) is 7.67. The minimum Gasteiger partial charge on any atom is -0.465 e. The number of aryl methyl sites for hydroxylation is 1. The van der Waals surface area contributed by atoms with Gasteiger partial charge in [-0.1, -0.05) is 0 Å². The molecule has 1 aliphatic carbocycles. The standard InChI is InChI=1S/C15H22N2O3S/c1-3-20-14(18)11-6-7-12-13(11)16-15(21-12)17-8-4-5-10(9-17)19-2/h10-11H,3-9H2,1-2H3. The van der Waals surface area contributed by atoms with Crippen LogP contribution < -0.4 is 4.90 Å². The Morgan fingerprint density at radius 1 is 1.48 bits per heavy atom. The maximum atomic E-state index is 12.0. The lowest BCUT2D eigenvalue weighted by atomic mass is 10.1. The summed E-state index contributed by atoms with van der Waals surface area (Å²) >= 11 is 1.73. The number of hydrogen-bond acceptors (Lipinski definition) is 6. The van der Waals surface area contributed by atoms with Gasteiger partial charge in [0.1, 0.15) is 5.92 Å². The number of anilines is 1. The number of fused-ring (bicyclic) bond motifs is 1. The minimum absolute atomic E-state index is 0.124. The van der Waals surface area contributed by atoms with Gasteiger partial charge in [-0.05, 0) is 32.6 Å². The molecule has 0 bridgehead atoms. The highest BCUT2D eigenvalue weighted by Gasteiger charge is 2.35. The number of esters is 1. The van der Waals surface area contributed by atoms with Crippen molar-refractivity contribution >= 4 is 22.4 Å². The molecule has 2 heterocycles. The maximum absolute atomic E-state index is 12.0. The van der Waals surface area contributed by atoms with Crippen molar-refractivity contribution in [1.82, 2.24) is 4.98 Å². The lowest BCUT2D eigenvalue weighted by Gasteiger charge is -2.31. The summed E-state index contributed by atoms with van der Waals surface area (Å²) in [7, 11) is 1.77. The van der Waals surface area contributed by atoms with Gasteiger partial charge in [-0.2, -0.15) is 0 Å². The summed E-state index contributed by atoms with van der Waals surface area (Å²) in [6, 6.07) is 0. The Hall–Kier alpha value is -1.14. The van der Waals surface area contributed by atoms with Crippen molar-refractivity contribution < 1.29 is 14.3 Å². The monoisotopic (exact) mass is 310 g/mol. The SMILES string of the molecule is CCOC(=O)C1CCc2sc(N3CCCC(OC)C3)nc21. The highest BCUT2D eigenvalue weighted by Crippen LogP contribution is 2.40. The van der Waals surface area contributed by atoms with Crippen molar-refractivity contribution in [3.8, 4) is 0 Å². The second kappa shape index (κ2) is 6.32. The molecule has 0 saturated carbocycles. The zero-order valence-corrected chi connectivity index (χ0v) is 13.4. The highest BCUT2D eigenvalue weighted by atomic mass is 32.1. The smallest absolute Gasteiger partial charge is 0.315 e. The van der Waals surface area contributed by atoms with E-state index in [-0.39, 0.29) is 11.9 Å². The molecule has 0 amide bonds. The van der Waals surface area contributed by atoms with E-state index in [9.17, 15) is 4.79 Å². The van der Waals surface area contributed by atoms with Crippen molar-refractivity contribution in [3.05, 3.63) is 10.6 Å². The zero-order chi connectivity index (χ0) is 14.8. The molecule has 0 radical (unpaired) electrons. The first-order chi connectivity index (χ1) is 10.2. The topological polar surface area (TPSA) is 51.7 Å². The van der Waals surface area contributed by atoms with Crippen molar-refractivity contribution in [2.75, 3.05) is 31.7 Å². The van der Waals surface area contributed by atoms with E-state index in [1.807, 2.05) is 6.92 Å². The summed E-state index contributed by atoms with van der Waals surface area (Å²) in [5, 5.41) is 1.04. The Morgan fingerprint density at radius 2 is 2.33 bits per heavy atom. The Balaban J connectivity index is 1.75. The van der Waals surface area contributed by atoms with Gasteiger partial charge < -0.3 is 14.4 Å². The van der Waals surface area contributed by atoms with Crippen LogP contribution >= 0.6 is 11.3 Å². The predicted molar refractivity (Wildman–Crippen MR) is 82.1 cm³/mol. The number of carbonyl (C=O) groups is 1. The molecule has 0 N–H and O–H groups in total. The van der Waals surface area contributed by atoms with E-state index in [0.29, 0.717) is 12.7 Å². The Labute approximate surface area is 129 Å². The van der Waals surface area contributed by atoms with Gasteiger partial charge >= 0.3 is 5.97 Å². The molecule has 3 rings (SSSR count). The first kappa shape index (κ1) is 14.8. The second-order valence-electron chi connectivity index (χ2n) is 5.59. The second-order valence-corrected chi connectivity index (χ2v) is 6.66. The largest absolute Gasteiger partial charge is 0.465 e. The number of thiazole rings is 1. The number of hydrogen-bond donors (Lipinski definition) is 0. The van der Waals surface area contributed by atoms with E-state index >= 15 is 0 Å². The van der Waals surface area contributed by atoms with Crippen LogP contribution in [0.2, 0.25) is 0 Å². The van der Waals surface area contributed by atoms with Crippen LogP contribution in [-0.2, 0) is 20.7 Å². The lowest BCUT2D eigenvalue weighted by Crippen LogP contribution is -2.39. The van der Waals surface area contributed by atoms with Gasteiger partial charge in [0, 0.05) is 25.1 Å². The molecule has 1 aromatic rings. The van der Waals surface area contributed by atoms with E-state index in [1.165, 1.54) is 4.88 Å². The molecule has 0 spiro atoms. The molecule has 1 saturated heterocycles. The van der Waals surface area contributed by atoms with E-state index in [2.05, 4.69) is 4.90 Å². The van der Waals surface area contributed by atoms with E-state index in [4.69, 9.17) is 14.5 Å². The summed E-state index contributed by atoms with van der Waals surface area (Å²) in [5.74, 6) is -0.283. The number of ether oxygens (including phenoxy) is 2. The van der Waals surface area contributed by atoms with Crippen molar-refractivity contribution in [2.45, 2.75) is 44.6 Å². The van der Waals surface area contributed by atoms with Crippen molar-refractivity contribution in [1.29, 1.82) is 0 Å². The zero-order valence-electron chi connectivity index (χ0n) is 12.6. The van der Waals surface area contributed by atoms with E-state index in [1.54, 1.807) is 18.4 Å². The third-order valence-electron chi connectivity index (χ3n) is 4.26. The van der Waals surface area contributed by atoms with Crippen LogP contribution in [0, 0.1) is 0 Å². The number of piperidine rings is 1. The Kier molecular flexibility index (Phi) is 4.45. The normalized spacial score (nSPS) is 25.0. The van der Waals surface area contributed by atoms with Gasteiger partial charge in [0.15, 0.2) is 5.13 Å². The fourth-order valence-corrected chi connectivity index (χ4v) is 4.30. The average molecular weight is 310 g/mol. The summed E-state index contributed by atoms with van der Waals surface area (Å²) in [6.45, 7) is 4.20. The molecule has 116 valence electrons. The van der Waals surface area contributed by atoms with Crippen LogP contribution in [0.3, 0.4) is 0 Å². The minimum atomic E-state index is -0.159. The van der Waals surface area contributed by atoms with E-state index in [0.717, 1.165) is 49.6 Å². The van der Waals surface area contributed by atoms with Crippen LogP contribution in [0.4, 0.5) is 5.13 Å². The highest BCUT2D eigenvalue weighted by molar-refractivity contribution is 7.15. The van der Waals surface area contributed by atoms with Crippen LogP contribution in [0.5, 0.6) is 0 Å². The van der Waals surface area contributed by atoms with Crippen molar-refractivity contribution in [2.24, 2.45) is 0 Å². The predicted octanol–water partition coefficient (Wildman–Crippen LogP) is 2.35. The summed E-state index contributed by atoms with van der Waals surface area (Å²) in [4.78, 5) is 20.3. The maximum Gasteiger partial charge on any atom is 0.315 e. The van der Waals surface area contributed by atoms with Gasteiger partial charge in [-0.15, -0.1) is 11.3 Å². The number of methoxy groups -OCH3 is 1. The first-order valence-corrected chi connectivity index (χ1v) is 8.48. The molecule has 6 heteroatoms. The molecular formula is C15H22N2O3S. The number of nitrogens with zero attached hydrogens (tertiary/aromatic N) is 2. The molecular weight excluding hydrogens is 288 g/mol. The lowest BCUT2D eigenvalue weighted by molar-refractivity contribution is -0.145. The van der Waals surface area contributed by atoms with Gasteiger partial charge in [-0.3, -0.25) is 4.79 Å². The fraction of sp³-hybridized carbons (Fsp3) is 0.733.